The Morgan fingerprint density at radius 2 is 0.742 bits per heavy atom. The molecule has 0 radical (unpaired) electrons. The number of benzene rings is 6. The molecule has 0 N–H and O–H groups in total. The standard InChI is InChI=1S/C54H54O8/c1-35(2)53(55)61-49(31-57-47-23-15-21-43(29-47)41-17-11-9-12-18-41)33-59-51-37(5)25-45(26-38(51)6)46-27-39(7)52(40(8)28-46)60-34-50(62-54(56)36(3)4)32-58-48-24-16-22-44(30-48)42-19-13-10-14-20-42/h9-30,49-50H,1,3,31-34H2,2,4-8H3. The molecule has 2 atom stereocenters. The Bertz CT molecular complexity index is 2300. The van der Waals surface area contributed by atoms with E-state index in [-0.39, 0.29) is 26.4 Å². The maximum Gasteiger partial charge on any atom is 0.333 e. The Morgan fingerprint density at radius 3 is 1.08 bits per heavy atom. The maximum absolute atomic E-state index is 12.6. The average molecular weight is 831 g/mol. The number of aryl methyl sites for hydroxylation is 4. The van der Waals surface area contributed by atoms with Gasteiger partial charge in [0.1, 0.15) is 49.4 Å². The van der Waals surface area contributed by atoms with Crippen LogP contribution in [0.2, 0.25) is 0 Å². The molecule has 0 aliphatic rings. The van der Waals surface area contributed by atoms with Gasteiger partial charge < -0.3 is 28.4 Å². The molecule has 0 amide bonds. The summed E-state index contributed by atoms with van der Waals surface area (Å²) in [4.78, 5) is 25.3. The third kappa shape index (κ3) is 12.0. The van der Waals surface area contributed by atoms with Crippen molar-refractivity contribution < 1.29 is 38.0 Å². The molecule has 2 unspecified atom stereocenters. The van der Waals surface area contributed by atoms with Crippen molar-refractivity contribution in [2.75, 3.05) is 26.4 Å². The van der Waals surface area contributed by atoms with Crippen LogP contribution in [0.4, 0.5) is 0 Å². The van der Waals surface area contributed by atoms with Crippen molar-refractivity contribution in [2.24, 2.45) is 0 Å². The molecule has 0 aromatic heterocycles. The van der Waals surface area contributed by atoms with Crippen LogP contribution in [-0.4, -0.2) is 50.6 Å². The minimum atomic E-state index is -0.697. The molecule has 0 saturated heterocycles. The van der Waals surface area contributed by atoms with Gasteiger partial charge in [-0.3, -0.25) is 0 Å². The van der Waals surface area contributed by atoms with Gasteiger partial charge >= 0.3 is 11.9 Å². The number of hydrogen-bond donors (Lipinski definition) is 0. The van der Waals surface area contributed by atoms with Gasteiger partial charge in [-0.2, -0.15) is 0 Å². The molecule has 0 spiro atoms. The smallest absolute Gasteiger partial charge is 0.333 e. The highest BCUT2D eigenvalue weighted by molar-refractivity contribution is 5.87. The Labute approximate surface area is 365 Å². The molecule has 6 rings (SSSR count). The summed E-state index contributed by atoms with van der Waals surface area (Å²) in [5.41, 5.74) is 10.5. The van der Waals surface area contributed by atoms with Gasteiger partial charge in [-0.1, -0.05) is 98.1 Å². The zero-order valence-electron chi connectivity index (χ0n) is 36.4. The monoisotopic (exact) mass is 830 g/mol. The van der Waals surface area contributed by atoms with Crippen molar-refractivity contribution in [3.8, 4) is 56.4 Å². The minimum Gasteiger partial charge on any atom is -0.490 e. The van der Waals surface area contributed by atoms with E-state index in [9.17, 15) is 9.59 Å². The molecule has 62 heavy (non-hydrogen) atoms. The van der Waals surface area contributed by atoms with E-state index >= 15 is 0 Å². The number of esters is 2. The van der Waals surface area contributed by atoms with Crippen molar-refractivity contribution in [1.82, 2.24) is 0 Å². The second-order valence-electron chi connectivity index (χ2n) is 15.5. The topological polar surface area (TPSA) is 89.5 Å². The van der Waals surface area contributed by atoms with Crippen LogP contribution in [0.25, 0.3) is 33.4 Å². The summed E-state index contributed by atoms with van der Waals surface area (Å²) < 4.78 is 36.5. The summed E-state index contributed by atoms with van der Waals surface area (Å²) >= 11 is 0. The number of ether oxygens (including phenoxy) is 6. The van der Waals surface area contributed by atoms with E-state index in [4.69, 9.17) is 28.4 Å². The zero-order chi connectivity index (χ0) is 44.2. The summed E-state index contributed by atoms with van der Waals surface area (Å²) in [6.45, 7) is 19.0. The van der Waals surface area contributed by atoms with Gasteiger partial charge in [-0.15, -0.1) is 0 Å². The van der Waals surface area contributed by atoms with E-state index < -0.39 is 24.1 Å². The van der Waals surface area contributed by atoms with Crippen molar-refractivity contribution in [2.45, 2.75) is 53.8 Å². The minimum absolute atomic E-state index is 0.0798. The highest BCUT2D eigenvalue weighted by atomic mass is 16.6. The Balaban J connectivity index is 1.12. The molecule has 0 saturated carbocycles. The first kappa shape index (κ1) is 44.5. The summed E-state index contributed by atoms with van der Waals surface area (Å²) in [6.07, 6.45) is -1.39. The highest BCUT2D eigenvalue weighted by Crippen LogP contribution is 2.35. The van der Waals surface area contributed by atoms with Crippen LogP contribution < -0.4 is 18.9 Å². The van der Waals surface area contributed by atoms with Crippen LogP contribution in [-0.2, 0) is 19.1 Å². The fraction of sp³-hybridized carbons (Fsp3) is 0.222. The van der Waals surface area contributed by atoms with E-state index in [0.717, 1.165) is 55.6 Å². The Kier molecular flexibility index (Phi) is 15.0. The molecular formula is C54H54O8. The summed E-state index contributed by atoms with van der Waals surface area (Å²) in [7, 11) is 0. The van der Waals surface area contributed by atoms with Crippen molar-refractivity contribution >= 4 is 11.9 Å². The van der Waals surface area contributed by atoms with Gasteiger partial charge in [0.15, 0.2) is 12.2 Å². The molecule has 0 heterocycles. The molecule has 318 valence electrons. The predicted octanol–water partition coefficient (Wildman–Crippen LogP) is 11.8. The lowest BCUT2D eigenvalue weighted by molar-refractivity contribution is -0.148. The lowest BCUT2D eigenvalue weighted by atomic mass is 9.96. The van der Waals surface area contributed by atoms with E-state index in [1.54, 1.807) is 13.8 Å². The first-order chi connectivity index (χ1) is 29.8. The second-order valence-corrected chi connectivity index (χ2v) is 15.5. The quantitative estimate of drug-likeness (QED) is 0.0589. The van der Waals surface area contributed by atoms with Crippen LogP contribution in [0, 0.1) is 27.7 Å². The zero-order valence-corrected chi connectivity index (χ0v) is 36.4. The summed E-state index contributed by atoms with van der Waals surface area (Å²) in [6, 6.07) is 44.0. The average Bonchev–Trinajstić information content (AvgIpc) is 3.27. The number of rotatable bonds is 19. The van der Waals surface area contributed by atoms with Crippen LogP contribution in [0.15, 0.2) is 158 Å². The Hall–Kier alpha value is -7.06. The molecule has 6 aromatic rings. The molecule has 0 fully saturated rings. The van der Waals surface area contributed by atoms with Crippen LogP contribution >= 0.6 is 0 Å². The van der Waals surface area contributed by atoms with E-state index in [1.165, 1.54) is 0 Å². The van der Waals surface area contributed by atoms with Gasteiger partial charge in [-0.25, -0.2) is 9.59 Å². The van der Waals surface area contributed by atoms with Crippen LogP contribution in [0.5, 0.6) is 23.0 Å². The van der Waals surface area contributed by atoms with Gasteiger partial charge in [0.25, 0.3) is 0 Å². The molecule has 0 aliphatic heterocycles. The summed E-state index contributed by atoms with van der Waals surface area (Å²) in [5.74, 6) is 1.69. The van der Waals surface area contributed by atoms with Crippen molar-refractivity contribution in [3.63, 3.8) is 0 Å². The molecule has 8 heteroatoms. The number of hydrogen-bond acceptors (Lipinski definition) is 8. The second kappa shape index (κ2) is 21.0. The Morgan fingerprint density at radius 1 is 0.419 bits per heavy atom. The van der Waals surface area contributed by atoms with Gasteiger partial charge in [0, 0.05) is 11.1 Å². The highest BCUT2D eigenvalue weighted by Gasteiger charge is 2.21. The first-order valence-corrected chi connectivity index (χ1v) is 20.6. The van der Waals surface area contributed by atoms with Crippen molar-refractivity contribution in [3.05, 3.63) is 180 Å². The third-order valence-electron chi connectivity index (χ3n) is 10.1. The third-order valence-corrected chi connectivity index (χ3v) is 10.1. The normalized spacial score (nSPS) is 11.8. The van der Waals surface area contributed by atoms with Gasteiger partial charge in [0.2, 0.25) is 0 Å². The maximum atomic E-state index is 12.6. The lowest BCUT2D eigenvalue weighted by Crippen LogP contribution is -2.31. The molecule has 0 aliphatic carbocycles. The number of carbonyl (C=O) groups is 2. The number of carbonyl (C=O) groups excluding carboxylic acids is 2. The molecule has 8 nitrogen and oxygen atoms in total. The molecule has 0 bridgehead atoms. The van der Waals surface area contributed by atoms with Crippen LogP contribution in [0.3, 0.4) is 0 Å². The largest absolute Gasteiger partial charge is 0.490 e. The van der Waals surface area contributed by atoms with Crippen LogP contribution in [0.1, 0.15) is 36.1 Å². The summed E-state index contributed by atoms with van der Waals surface area (Å²) in [5, 5.41) is 0. The van der Waals surface area contributed by atoms with E-state index in [2.05, 4.69) is 37.4 Å². The first-order valence-electron chi connectivity index (χ1n) is 20.6. The predicted molar refractivity (Wildman–Crippen MR) is 246 cm³/mol. The SMILES string of the molecule is C=C(C)C(=O)OC(COc1cccc(-c2ccccc2)c1)COc1c(C)cc(-c2cc(C)c(OCC(COc3cccc(-c4ccccc4)c3)OC(=O)C(=C)C)c(C)c2)cc1C. The fourth-order valence-corrected chi connectivity index (χ4v) is 6.95. The van der Waals surface area contributed by atoms with E-state index in [1.807, 2.05) is 137 Å². The van der Waals surface area contributed by atoms with Crippen molar-refractivity contribution in [1.29, 1.82) is 0 Å². The fourth-order valence-electron chi connectivity index (χ4n) is 6.95. The molecular weight excluding hydrogens is 777 g/mol. The van der Waals surface area contributed by atoms with Gasteiger partial charge in [0.05, 0.1) is 0 Å². The van der Waals surface area contributed by atoms with E-state index in [0.29, 0.717) is 34.1 Å². The van der Waals surface area contributed by atoms with Gasteiger partial charge in [-0.05, 0) is 146 Å². The molecule has 6 aromatic carbocycles. The lowest BCUT2D eigenvalue weighted by Gasteiger charge is -2.22.